The molecule has 0 radical (unpaired) electrons. The molecule has 39 heavy (non-hydrogen) atoms. The van der Waals surface area contributed by atoms with E-state index in [0.717, 1.165) is 47.2 Å². The van der Waals surface area contributed by atoms with E-state index in [1.807, 2.05) is 99.8 Å². The zero-order valence-corrected chi connectivity index (χ0v) is 23.1. The summed E-state index contributed by atoms with van der Waals surface area (Å²) in [5.74, 6) is -0.0247. The Kier molecular flexibility index (Phi) is 9.17. The molecule has 0 atom stereocenters. The highest BCUT2D eigenvalue weighted by Gasteiger charge is 2.19. The monoisotopic (exact) mass is 527 g/mol. The summed E-state index contributed by atoms with van der Waals surface area (Å²) >= 11 is 0. The lowest BCUT2D eigenvalue weighted by molar-refractivity contribution is 0.0635. The lowest BCUT2D eigenvalue weighted by Gasteiger charge is -2.20. The minimum absolute atomic E-state index is 0.0247. The number of carbonyl (C=O) groups is 2. The molecular weight excluding hydrogens is 490 g/mol. The molecule has 7 heteroatoms. The average Bonchev–Trinajstić information content (AvgIpc) is 3.31. The molecule has 3 aromatic carbocycles. The quantitative estimate of drug-likeness (QED) is 0.176. The van der Waals surface area contributed by atoms with Crippen LogP contribution in [0.5, 0.6) is 0 Å². The second-order valence-electron chi connectivity index (χ2n) is 10.5. The maximum atomic E-state index is 13.5. The van der Waals surface area contributed by atoms with Crippen LogP contribution in [-0.4, -0.2) is 48.9 Å². The van der Waals surface area contributed by atoms with Gasteiger partial charge in [0.15, 0.2) is 5.78 Å². The van der Waals surface area contributed by atoms with E-state index in [2.05, 4.69) is 15.2 Å². The molecule has 0 aliphatic carbocycles. The summed E-state index contributed by atoms with van der Waals surface area (Å²) in [6, 6.07) is 23.5. The van der Waals surface area contributed by atoms with Gasteiger partial charge in [0, 0.05) is 61.5 Å². The van der Waals surface area contributed by atoms with E-state index in [1.54, 1.807) is 7.11 Å². The molecule has 0 fully saturated rings. The molecule has 0 bridgehead atoms. The Morgan fingerprint density at radius 1 is 0.897 bits per heavy atom. The summed E-state index contributed by atoms with van der Waals surface area (Å²) in [5, 5.41) is 7.21. The number of ether oxygens (including phenoxy) is 2. The Hall–Kier alpha value is -3.94. The largest absolute Gasteiger partial charge is 0.444 e. The van der Waals surface area contributed by atoms with Gasteiger partial charge >= 0.3 is 6.09 Å². The number of hydrogen-bond donors (Lipinski definition) is 2. The maximum Gasteiger partial charge on any atom is 0.412 e. The molecular formula is C32H37N3O4. The maximum absolute atomic E-state index is 13.5. The van der Waals surface area contributed by atoms with Gasteiger partial charge in [0.05, 0.1) is 6.61 Å². The summed E-state index contributed by atoms with van der Waals surface area (Å²) in [7, 11) is 1.69. The van der Waals surface area contributed by atoms with Gasteiger partial charge in [-0.2, -0.15) is 0 Å². The summed E-state index contributed by atoms with van der Waals surface area (Å²) in [6.45, 7) is 8.60. The van der Waals surface area contributed by atoms with Crippen LogP contribution in [-0.2, 0) is 22.4 Å². The Labute approximate surface area is 230 Å². The van der Waals surface area contributed by atoms with Crippen LogP contribution in [0.15, 0.2) is 79.0 Å². The highest BCUT2D eigenvalue weighted by Crippen LogP contribution is 2.28. The van der Waals surface area contributed by atoms with Crippen molar-refractivity contribution in [3.8, 4) is 11.1 Å². The minimum Gasteiger partial charge on any atom is -0.444 e. The Morgan fingerprint density at radius 3 is 2.44 bits per heavy atom. The van der Waals surface area contributed by atoms with Gasteiger partial charge in [-0.05, 0) is 73.9 Å². The highest BCUT2D eigenvalue weighted by atomic mass is 16.6. The lowest BCUT2D eigenvalue weighted by Crippen LogP contribution is -2.27. The number of amides is 1. The molecule has 2 N–H and O–H groups in total. The number of ketones is 1. The normalized spacial score (nSPS) is 11.5. The number of nitrogens with zero attached hydrogens (tertiary/aromatic N) is 1. The average molecular weight is 528 g/mol. The van der Waals surface area contributed by atoms with Crippen molar-refractivity contribution in [1.82, 2.24) is 9.88 Å². The zero-order chi connectivity index (χ0) is 27.8. The van der Waals surface area contributed by atoms with E-state index in [1.165, 1.54) is 0 Å². The Balaban J connectivity index is 1.55. The number of methoxy groups -OCH3 is 1. The smallest absolute Gasteiger partial charge is 0.412 e. The zero-order valence-electron chi connectivity index (χ0n) is 23.1. The van der Waals surface area contributed by atoms with E-state index < -0.39 is 11.7 Å². The summed E-state index contributed by atoms with van der Waals surface area (Å²) in [4.78, 5) is 26.0. The van der Waals surface area contributed by atoms with Gasteiger partial charge < -0.3 is 19.4 Å². The number of aromatic nitrogens is 1. The lowest BCUT2D eigenvalue weighted by atomic mass is 9.96. The third kappa shape index (κ3) is 7.78. The number of rotatable bonds is 11. The highest BCUT2D eigenvalue weighted by molar-refractivity contribution is 6.02. The van der Waals surface area contributed by atoms with Gasteiger partial charge in [-0.3, -0.25) is 10.1 Å². The van der Waals surface area contributed by atoms with Gasteiger partial charge in [0.2, 0.25) is 0 Å². The molecule has 0 saturated heterocycles. The first-order valence-electron chi connectivity index (χ1n) is 13.2. The van der Waals surface area contributed by atoms with E-state index in [9.17, 15) is 9.59 Å². The van der Waals surface area contributed by atoms with Crippen LogP contribution in [0, 0.1) is 0 Å². The van der Waals surface area contributed by atoms with Crippen LogP contribution in [0.4, 0.5) is 10.5 Å². The van der Waals surface area contributed by atoms with Gasteiger partial charge in [0.25, 0.3) is 0 Å². The summed E-state index contributed by atoms with van der Waals surface area (Å²) < 4.78 is 12.7. The Morgan fingerprint density at radius 2 is 1.69 bits per heavy atom. The van der Waals surface area contributed by atoms with Crippen LogP contribution >= 0.6 is 0 Å². The molecule has 1 heterocycles. The fraction of sp³-hybridized carbons (Fsp3) is 0.312. The minimum atomic E-state index is -0.629. The molecule has 4 rings (SSSR count). The first-order valence-corrected chi connectivity index (χ1v) is 13.2. The van der Waals surface area contributed by atoms with Crippen LogP contribution in [0.2, 0.25) is 0 Å². The van der Waals surface area contributed by atoms with Crippen molar-refractivity contribution in [2.24, 2.45) is 0 Å². The number of hydrogen-bond acceptors (Lipinski definition) is 5. The second kappa shape index (κ2) is 12.7. The fourth-order valence-electron chi connectivity index (χ4n) is 4.43. The molecule has 204 valence electrons. The summed E-state index contributed by atoms with van der Waals surface area (Å²) in [5.41, 5.74) is 4.38. The molecule has 4 aromatic rings. The number of fused-ring (bicyclic) bond motifs is 1. The van der Waals surface area contributed by atoms with Crippen LogP contribution in [0.1, 0.15) is 36.7 Å². The van der Waals surface area contributed by atoms with Crippen molar-refractivity contribution < 1.29 is 19.1 Å². The van der Waals surface area contributed by atoms with E-state index in [4.69, 9.17) is 9.47 Å². The number of Topliss-reactive ketones (excluding diaryl/α,β-unsaturated/α-hetero) is 1. The Bertz CT molecular complexity index is 1420. The van der Waals surface area contributed by atoms with E-state index in [-0.39, 0.29) is 12.2 Å². The molecule has 0 unspecified atom stereocenters. The molecule has 1 amide bonds. The molecule has 0 saturated carbocycles. The molecule has 0 aliphatic heterocycles. The van der Waals surface area contributed by atoms with Gasteiger partial charge in [-0.1, -0.05) is 36.4 Å². The SMILES string of the molecule is COCCNCCn1ccc2cc(C(=O)Cc3cc(-c4ccccc4)ccc3NC(=O)OC(C)(C)C)ccc21. The van der Waals surface area contributed by atoms with Crippen molar-refractivity contribution in [2.75, 3.05) is 32.1 Å². The van der Waals surface area contributed by atoms with Crippen LogP contribution in [0.25, 0.3) is 22.0 Å². The van der Waals surface area contributed by atoms with Gasteiger partial charge in [-0.15, -0.1) is 0 Å². The van der Waals surface area contributed by atoms with Crippen molar-refractivity contribution in [3.63, 3.8) is 0 Å². The van der Waals surface area contributed by atoms with Crippen LogP contribution < -0.4 is 10.6 Å². The van der Waals surface area contributed by atoms with Crippen molar-refractivity contribution >= 4 is 28.5 Å². The van der Waals surface area contributed by atoms with Gasteiger partial charge in [-0.25, -0.2) is 4.79 Å². The van der Waals surface area contributed by atoms with Crippen LogP contribution in [0.3, 0.4) is 0 Å². The molecule has 7 nitrogen and oxygen atoms in total. The second-order valence-corrected chi connectivity index (χ2v) is 10.5. The molecule has 0 aliphatic rings. The summed E-state index contributed by atoms with van der Waals surface area (Å²) in [6.07, 6.45) is 1.63. The first-order chi connectivity index (χ1) is 18.7. The number of carbonyl (C=O) groups excluding carboxylic acids is 2. The predicted octanol–water partition coefficient (Wildman–Crippen LogP) is 6.32. The number of benzene rings is 3. The van der Waals surface area contributed by atoms with E-state index in [0.29, 0.717) is 17.9 Å². The molecule has 0 spiro atoms. The van der Waals surface area contributed by atoms with E-state index >= 15 is 0 Å². The van der Waals surface area contributed by atoms with Gasteiger partial charge in [0.1, 0.15) is 5.60 Å². The van der Waals surface area contributed by atoms with Crippen molar-refractivity contribution in [3.05, 3.63) is 90.1 Å². The standard InChI is InChI=1S/C32H37N3O4/c1-32(2,3)39-31(37)34-28-12-10-24(23-8-6-5-7-9-23)20-27(28)22-30(36)26-11-13-29-25(21-26)14-17-35(29)18-15-33-16-19-38-4/h5-14,17,20-21,33H,15-16,18-19,22H2,1-4H3,(H,34,37). The number of anilines is 1. The number of nitrogens with one attached hydrogen (secondary N) is 2. The molecule has 1 aromatic heterocycles. The fourth-order valence-corrected chi connectivity index (χ4v) is 4.43. The third-order valence-corrected chi connectivity index (χ3v) is 6.30. The third-order valence-electron chi connectivity index (χ3n) is 6.30. The first kappa shape index (κ1) is 28.1. The van der Waals surface area contributed by atoms with Crippen molar-refractivity contribution in [1.29, 1.82) is 0 Å². The predicted molar refractivity (Wildman–Crippen MR) is 156 cm³/mol. The van der Waals surface area contributed by atoms with Crippen molar-refractivity contribution in [2.45, 2.75) is 39.3 Å². The topological polar surface area (TPSA) is 81.6 Å².